The lowest BCUT2D eigenvalue weighted by atomic mass is 9.69. The molecule has 0 spiro atoms. The van der Waals surface area contributed by atoms with Crippen LogP contribution in [0.5, 0.6) is 0 Å². The van der Waals surface area contributed by atoms with E-state index in [0.717, 1.165) is 51.5 Å². The van der Waals surface area contributed by atoms with E-state index in [1.807, 2.05) is 19.0 Å². The molecule has 0 aromatic heterocycles. The van der Waals surface area contributed by atoms with E-state index >= 15 is 0 Å². The molecule has 4 N–H and O–H groups in total. The molecule has 0 aliphatic heterocycles. The molecule has 0 unspecified atom stereocenters. The first-order chi connectivity index (χ1) is 17.2. The molecule has 5 atom stereocenters. The Labute approximate surface area is 224 Å². The van der Waals surface area contributed by atoms with Crippen molar-refractivity contribution in [1.29, 1.82) is 0 Å². The van der Waals surface area contributed by atoms with E-state index in [4.69, 9.17) is 0 Å². The first-order valence-corrected chi connectivity index (χ1v) is 15.7. The number of amides is 1. The molecule has 0 heterocycles. The summed E-state index contributed by atoms with van der Waals surface area (Å²) >= 11 is 0. The summed E-state index contributed by atoms with van der Waals surface area (Å²) in [5.41, 5.74) is 0.118. The third-order valence-electron chi connectivity index (χ3n) is 9.96. The Bertz CT molecular complexity index is 902. The molecule has 2 bridgehead atoms. The zero-order chi connectivity index (χ0) is 27.4. The molecule has 1 amide bonds. The van der Waals surface area contributed by atoms with Crippen LogP contribution in [0.15, 0.2) is 0 Å². The third kappa shape index (κ3) is 7.46. The molecule has 0 saturated heterocycles. The maximum absolute atomic E-state index is 13.6. The Morgan fingerprint density at radius 1 is 1.00 bits per heavy atom. The van der Waals surface area contributed by atoms with Crippen molar-refractivity contribution in [2.24, 2.45) is 22.7 Å². The molecular weight excluding hydrogens is 492 g/mol. The topological polar surface area (TPSA) is 128 Å². The zero-order valence-corrected chi connectivity index (χ0v) is 24.3. The molecule has 3 fully saturated rings. The van der Waals surface area contributed by atoms with Gasteiger partial charge in [0, 0.05) is 6.04 Å². The van der Waals surface area contributed by atoms with Gasteiger partial charge in [0.2, 0.25) is 5.91 Å². The lowest BCUT2D eigenvalue weighted by Crippen LogP contribution is -2.57. The van der Waals surface area contributed by atoms with Gasteiger partial charge in [-0.15, -0.1) is 0 Å². The van der Waals surface area contributed by atoms with Crippen molar-refractivity contribution in [2.45, 2.75) is 116 Å². The van der Waals surface area contributed by atoms with E-state index in [2.05, 4.69) is 35.5 Å². The van der Waals surface area contributed by atoms with E-state index in [1.165, 1.54) is 12.8 Å². The second kappa shape index (κ2) is 12.3. The number of carbonyl (C=O) groups is 2. The van der Waals surface area contributed by atoms with Gasteiger partial charge in [-0.1, -0.05) is 52.9 Å². The summed E-state index contributed by atoms with van der Waals surface area (Å²) < 4.78 is 31.1. The predicted molar refractivity (Wildman–Crippen MR) is 145 cm³/mol. The summed E-state index contributed by atoms with van der Waals surface area (Å²) in [6, 6.07) is -2.14. The van der Waals surface area contributed by atoms with Crippen molar-refractivity contribution < 1.29 is 23.1 Å². The van der Waals surface area contributed by atoms with Crippen molar-refractivity contribution in [3.05, 3.63) is 0 Å². The van der Waals surface area contributed by atoms with Crippen LogP contribution < -0.4 is 14.8 Å². The monoisotopic (exact) mass is 542 g/mol. The van der Waals surface area contributed by atoms with Crippen LogP contribution in [-0.4, -0.2) is 69.1 Å². The van der Waals surface area contributed by atoms with Crippen LogP contribution >= 0.6 is 0 Å². The normalized spacial score (nSPS) is 29.4. The minimum atomic E-state index is -4.21. The average Bonchev–Trinajstić information content (AvgIpc) is 3.14. The van der Waals surface area contributed by atoms with Crippen LogP contribution in [0.3, 0.4) is 0 Å². The molecule has 3 saturated carbocycles. The number of nitrogens with one attached hydrogen (secondary N) is 3. The molecule has 3 aliphatic carbocycles. The summed E-state index contributed by atoms with van der Waals surface area (Å²) in [4.78, 5) is 27.4. The summed E-state index contributed by atoms with van der Waals surface area (Å²) in [5, 5.41) is 12.9. The van der Waals surface area contributed by atoms with Crippen LogP contribution in [0.2, 0.25) is 0 Å². The minimum Gasteiger partial charge on any atom is -0.480 e. The van der Waals surface area contributed by atoms with E-state index in [-0.39, 0.29) is 35.1 Å². The van der Waals surface area contributed by atoms with Crippen molar-refractivity contribution in [3.8, 4) is 0 Å². The minimum absolute atomic E-state index is 0.0131. The second-order valence-electron chi connectivity index (χ2n) is 12.9. The lowest BCUT2D eigenvalue weighted by molar-refractivity contribution is -0.139. The van der Waals surface area contributed by atoms with Gasteiger partial charge in [0.05, 0.1) is 0 Å². The van der Waals surface area contributed by atoms with Crippen molar-refractivity contribution >= 4 is 22.1 Å². The molecular formula is C27H50N4O5S. The SMILES string of the molecule is CN(C)CCCC[C@H](NS(=O)(=O)N[C@@H](CC1CCCCC1)C(=O)N[C@H]1C[C@H]2CC[C@]1(C)C2(C)C)C(=O)O. The van der Waals surface area contributed by atoms with Gasteiger partial charge in [-0.3, -0.25) is 9.59 Å². The Hall–Kier alpha value is -1.23. The molecule has 3 rings (SSSR count). The number of fused-ring (bicyclic) bond motifs is 2. The van der Waals surface area contributed by atoms with Crippen LogP contribution in [0.1, 0.15) is 97.8 Å². The Morgan fingerprint density at radius 2 is 1.65 bits per heavy atom. The highest BCUT2D eigenvalue weighted by atomic mass is 32.2. The molecule has 37 heavy (non-hydrogen) atoms. The molecule has 214 valence electrons. The number of nitrogens with zero attached hydrogens (tertiary/aromatic N) is 1. The quantitative estimate of drug-likeness (QED) is 0.250. The maximum atomic E-state index is 13.6. The van der Waals surface area contributed by atoms with Gasteiger partial charge in [0.1, 0.15) is 12.1 Å². The smallest absolute Gasteiger partial charge is 0.321 e. The number of rotatable bonds is 14. The number of hydrogen-bond donors (Lipinski definition) is 4. The summed E-state index contributed by atoms with van der Waals surface area (Å²) in [7, 11) is -0.326. The Morgan fingerprint density at radius 3 is 2.19 bits per heavy atom. The maximum Gasteiger partial charge on any atom is 0.321 e. The molecule has 0 aromatic carbocycles. The number of aliphatic carboxylic acids is 1. The summed E-state index contributed by atoms with van der Waals surface area (Å²) in [5.74, 6) is -0.661. The van der Waals surface area contributed by atoms with E-state index < -0.39 is 28.3 Å². The third-order valence-corrected chi connectivity index (χ3v) is 11.2. The largest absolute Gasteiger partial charge is 0.480 e. The fourth-order valence-corrected chi connectivity index (χ4v) is 8.32. The molecule has 3 aliphatic rings. The average molecular weight is 543 g/mol. The van der Waals surface area contributed by atoms with Gasteiger partial charge >= 0.3 is 5.97 Å². The van der Waals surface area contributed by atoms with Gasteiger partial charge in [-0.2, -0.15) is 17.9 Å². The van der Waals surface area contributed by atoms with Crippen molar-refractivity contribution in [3.63, 3.8) is 0 Å². The molecule has 0 aromatic rings. The van der Waals surface area contributed by atoms with E-state index in [9.17, 15) is 23.1 Å². The predicted octanol–water partition coefficient (Wildman–Crippen LogP) is 3.27. The summed E-state index contributed by atoms with van der Waals surface area (Å²) in [6.07, 6.45) is 10.5. The van der Waals surface area contributed by atoms with Crippen LogP contribution in [-0.2, 0) is 19.8 Å². The van der Waals surface area contributed by atoms with Gasteiger partial charge < -0.3 is 15.3 Å². The highest BCUT2D eigenvalue weighted by Gasteiger charge is 2.61. The standard InChI is InChI=1S/C27H50N4O5S/c1-26(2)20-14-15-27(26,3)23(18-20)28-24(32)22(17-19-11-7-6-8-12-19)30-37(35,36)29-21(25(33)34)13-9-10-16-31(4)5/h19-23,29-30H,6-18H2,1-5H3,(H,28,32)(H,33,34)/t20-,21+,22+,23+,27+/m1/s1. The lowest BCUT2D eigenvalue weighted by Gasteiger charge is -2.40. The van der Waals surface area contributed by atoms with Crippen LogP contribution in [0, 0.1) is 22.7 Å². The fourth-order valence-electron chi connectivity index (χ4n) is 7.08. The van der Waals surface area contributed by atoms with Gasteiger partial charge in [-0.05, 0) is 88.3 Å². The Balaban J connectivity index is 1.68. The number of carboxylic acid groups (broad SMARTS) is 1. The van der Waals surface area contributed by atoms with Gasteiger partial charge in [0.25, 0.3) is 10.2 Å². The number of carbonyl (C=O) groups excluding carboxylic acids is 1. The van der Waals surface area contributed by atoms with Crippen molar-refractivity contribution in [1.82, 2.24) is 19.7 Å². The number of carboxylic acids is 1. The summed E-state index contributed by atoms with van der Waals surface area (Å²) in [6.45, 7) is 7.63. The zero-order valence-electron chi connectivity index (χ0n) is 23.5. The van der Waals surface area contributed by atoms with E-state index in [0.29, 0.717) is 18.8 Å². The van der Waals surface area contributed by atoms with Crippen molar-refractivity contribution in [2.75, 3.05) is 20.6 Å². The van der Waals surface area contributed by atoms with E-state index in [1.54, 1.807) is 0 Å². The fraction of sp³-hybridized carbons (Fsp3) is 0.926. The molecule has 0 radical (unpaired) electrons. The molecule has 9 nitrogen and oxygen atoms in total. The number of unbranched alkanes of at least 4 members (excludes halogenated alkanes) is 1. The first kappa shape index (κ1) is 30.3. The molecule has 10 heteroatoms. The highest BCUT2D eigenvalue weighted by Crippen LogP contribution is 2.65. The second-order valence-corrected chi connectivity index (χ2v) is 14.4. The number of hydrogen-bond acceptors (Lipinski definition) is 5. The van der Waals surface area contributed by atoms with Crippen LogP contribution in [0.25, 0.3) is 0 Å². The Kier molecular flexibility index (Phi) is 10.1. The van der Waals surface area contributed by atoms with Crippen LogP contribution in [0.4, 0.5) is 0 Å². The van der Waals surface area contributed by atoms with Gasteiger partial charge in [-0.25, -0.2) is 0 Å². The first-order valence-electron chi connectivity index (χ1n) is 14.2. The highest BCUT2D eigenvalue weighted by molar-refractivity contribution is 7.87. The van der Waals surface area contributed by atoms with Gasteiger partial charge in [0.15, 0.2) is 0 Å².